The minimum Gasteiger partial charge on any atom is -0.497 e. The van der Waals surface area contributed by atoms with Gasteiger partial charge in [-0.05, 0) is 41.9 Å². The number of aryl methyl sites for hydroxylation is 1. The maximum atomic E-state index is 11.8. The van der Waals surface area contributed by atoms with Gasteiger partial charge in [0.1, 0.15) is 5.75 Å². The van der Waals surface area contributed by atoms with E-state index in [0.29, 0.717) is 24.5 Å². The lowest BCUT2D eigenvalue weighted by Crippen LogP contribution is -2.46. The Morgan fingerprint density at radius 3 is 2.38 bits per heavy atom. The van der Waals surface area contributed by atoms with Gasteiger partial charge in [0.2, 0.25) is 5.91 Å². The fourth-order valence-corrected chi connectivity index (χ4v) is 2.18. The van der Waals surface area contributed by atoms with Crippen molar-refractivity contribution < 1.29 is 9.53 Å². The van der Waals surface area contributed by atoms with Gasteiger partial charge < -0.3 is 10.1 Å². The Morgan fingerprint density at radius 2 is 1.71 bits per heavy atom. The number of ether oxygens (including phenoxy) is 1. The van der Waals surface area contributed by atoms with Crippen molar-refractivity contribution in [1.29, 1.82) is 0 Å². The van der Waals surface area contributed by atoms with E-state index >= 15 is 0 Å². The van der Waals surface area contributed by atoms with Gasteiger partial charge in [-0.15, -0.1) is 0 Å². The zero-order valence-electron chi connectivity index (χ0n) is 13.5. The molecule has 5 nitrogen and oxygen atoms in total. The summed E-state index contributed by atoms with van der Waals surface area (Å²) in [5.41, 5.74) is 7.50. The molecule has 3 N–H and O–H groups in total. The molecule has 2 aromatic carbocycles. The fraction of sp³-hybridized carbons (Fsp3) is 0.222. The Labute approximate surface area is 147 Å². The highest BCUT2D eigenvalue weighted by Crippen LogP contribution is 2.10. The number of thiocarbonyl (C=S) groups is 1. The third kappa shape index (κ3) is 6.26. The van der Waals surface area contributed by atoms with E-state index in [4.69, 9.17) is 17.0 Å². The van der Waals surface area contributed by atoms with Gasteiger partial charge in [-0.3, -0.25) is 15.6 Å². The number of hydrazine groups is 1. The molecule has 126 valence electrons. The topological polar surface area (TPSA) is 62.4 Å². The summed E-state index contributed by atoms with van der Waals surface area (Å²) in [6.45, 7) is 0.565. The van der Waals surface area contributed by atoms with Crippen molar-refractivity contribution in [3.05, 3.63) is 65.7 Å². The lowest BCUT2D eigenvalue weighted by atomic mass is 10.1. The van der Waals surface area contributed by atoms with E-state index < -0.39 is 0 Å². The second kappa shape index (κ2) is 9.52. The van der Waals surface area contributed by atoms with Crippen LogP contribution in [0.25, 0.3) is 0 Å². The summed E-state index contributed by atoms with van der Waals surface area (Å²) in [5, 5.41) is 3.40. The number of carbonyl (C=O) groups excluding carboxylic acids is 1. The molecule has 0 saturated heterocycles. The van der Waals surface area contributed by atoms with Crippen LogP contribution >= 0.6 is 12.2 Å². The van der Waals surface area contributed by atoms with E-state index in [2.05, 4.69) is 16.2 Å². The molecule has 0 radical (unpaired) electrons. The molecule has 0 aliphatic heterocycles. The third-order valence-corrected chi connectivity index (χ3v) is 3.66. The first kappa shape index (κ1) is 17.7. The molecule has 0 fully saturated rings. The molecule has 0 saturated carbocycles. The lowest BCUT2D eigenvalue weighted by molar-refractivity contribution is -0.121. The number of methoxy groups -OCH3 is 1. The summed E-state index contributed by atoms with van der Waals surface area (Å²) >= 11 is 5.14. The van der Waals surface area contributed by atoms with E-state index in [1.165, 1.54) is 0 Å². The highest BCUT2D eigenvalue weighted by molar-refractivity contribution is 7.80. The molecular formula is C18H21N3O2S. The maximum Gasteiger partial charge on any atom is 0.238 e. The largest absolute Gasteiger partial charge is 0.497 e. The van der Waals surface area contributed by atoms with Crippen LogP contribution in [0, 0.1) is 0 Å². The van der Waals surface area contributed by atoms with Crippen LogP contribution in [-0.4, -0.2) is 18.1 Å². The number of nitrogens with one attached hydrogen (secondary N) is 3. The molecule has 0 atom stereocenters. The molecule has 24 heavy (non-hydrogen) atoms. The molecule has 0 aromatic heterocycles. The van der Waals surface area contributed by atoms with Crippen molar-refractivity contribution in [3.8, 4) is 5.75 Å². The lowest BCUT2D eigenvalue weighted by Gasteiger charge is -2.12. The summed E-state index contributed by atoms with van der Waals surface area (Å²) in [5.74, 6) is 0.706. The van der Waals surface area contributed by atoms with Gasteiger partial charge in [0.25, 0.3) is 0 Å². The zero-order chi connectivity index (χ0) is 17.2. The van der Waals surface area contributed by atoms with Gasteiger partial charge in [0.05, 0.1) is 7.11 Å². The first-order valence-corrected chi connectivity index (χ1v) is 8.08. The monoisotopic (exact) mass is 343 g/mol. The third-order valence-electron chi connectivity index (χ3n) is 3.41. The van der Waals surface area contributed by atoms with Crippen molar-refractivity contribution in [1.82, 2.24) is 16.2 Å². The normalized spacial score (nSPS) is 9.88. The van der Waals surface area contributed by atoms with E-state index in [0.717, 1.165) is 16.9 Å². The zero-order valence-corrected chi connectivity index (χ0v) is 14.4. The Hall–Kier alpha value is -2.60. The second-order valence-corrected chi connectivity index (χ2v) is 5.60. The highest BCUT2D eigenvalue weighted by Gasteiger charge is 2.03. The Bertz CT molecular complexity index is 660. The quantitative estimate of drug-likeness (QED) is 0.555. The summed E-state index contributed by atoms with van der Waals surface area (Å²) in [7, 11) is 1.63. The van der Waals surface area contributed by atoms with Crippen molar-refractivity contribution in [2.75, 3.05) is 7.11 Å². The van der Waals surface area contributed by atoms with Crippen LogP contribution in [0.1, 0.15) is 17.5 Å². The summed E-state index contributed by atoms with van der Waals surface area (Å²) in [6.07, 6.45) is 1.10. The SMILES string of the molecule is COc1ccc(CNC(=S)NNC(=O)CCc2ccccc2)cc1. The molecule has 0 aliphatic carbocycles. The van der Waals surface area contributed by atoms with Crippen molar-refractivity contribution in [2.45, 2.75) is 19.4 Å². The molecule has 6 heteroatoms. The Balaban J connectivity index is 1.64. The summed E-state index contributed by atoms with van der Waals surface area (Å²) in [4.78, 5) is 11.8. The molecule has 0 bridgehead atoms. The van der Waals surface area contributed by atoms with Crippen LogP contribution in [0.2, 0.25) is 0 Å². The molecular weight excluding hydrogens is 322 g/mol. The predicted molar refractivity (Wildman–Crippen MR) is 98.5 cm³/mol. The van der Waals surface area contributed by atoms with E-state index in [-0.39, 0.29) is 5.91 Å². The number of hydrogen-bond acceptors (Lipinski definition) is 3. The number of rotatable bonds is 6. The molecule has 2 rings (SSSR count). The van der Waals surface area contributed by atoms with Crippen LogP contribution in [0.3, 0.4) is 0 Å². The van der Waals surface area contributed by atoms with Crippen LogP contribution < -0.4 is 20.9 Å². The van der Waals surface area contributed by atoms with Gasteiger partial charge in [-0.25, -0.2) is 0 Å². The van der Waals surface area contributed by atoms with Crippen LogP contribution in [-0.2, 0) is 17.8 Å². The minimum absolute atomic E-state index is 0.104. The molecule has 0 aliphatic rings. The van der Waals surface area contributed by atoms with Gasteiger partial charge in [0.15, 0.2) is 5.11 Å². The standard InChI is InChI=1S/C18H21N3O2S/c1-23-16-10-7-15(8-11-16)13-19-18(24)21-20-17(22)12-9-14-5-3-2-4-6-14/h2-8,10-11H,9,12-13H2,1H3,(H,20,22)(H2,19,21,24). The first-order valence-electron chi connectivity index (χ1n) is 7.67. The van der Waals surface area contributed by atoms with Crippen LogP contribution in [0.15, 0.2) is 54.6 Å². The number of benzene rings is 2. The van der Waals surface area contributed by atoms with Gasteiger partial charge >= 0.3 is 0 Å². The molecule has 0 heterocycles. The number of amides is 1. The second-order valence-electron chi connectivity index (χ2n) is 5.19. The predicted octanol–water partition coefficient (Wildman–Crippen LogP) is 2.32. The van der Waals surface area contributed by atoms with Crippen LogP contribution in [0.5, 0.6) is 5.75 Å². The Morgan fingerprint density at radius 1 is 1.00 bits per heavy atom. The first-order chi connectivity index (χ1) is 11.7. The van der Waals surface area contributed by atoms with Gasteiger partial charge in [-0.2, -0.15) is 0 Å². The van der Waals surface area contributed by atoms with Crippen molar-refractivity contribution >= 4 is 23.2 Å². The molecule has 0 unspecified atom stereocenters. The summed E-state index contributed by atoms with van der Waals surface area (Å²) < 4.78 is 5.11. The van der Waals surface area contributed by atoms with E-state index in [1.54, 1.807) is 7.11 Å². The summed E-state index contributed by atoms with van der Waals surface area (Å²) in [6, 6.07) is 17.6. The van der Waals surface area contributed by atoms with Crippen LogP contribution in [0.4, 0.5) is 0 Å². The Kier molecular flexibility index (Phi) is 7.04. The highest BCUT2D eigenvalue weighted by atomic mass is 32.1. The smallest absolute Gasteiger partial charge is 0.238 e. The van der Waals surface area contributed by atoms with Gasteiger partial charge in [0, 0.05) is 13.0 Å². The molecule has 2 aromatic rings. The van der Waals surface area contributed by atoms with Crippen molar-refractivity contribution in [3.63, 3.8) is 0 Å². The van der Waals surface area contributed by atoms with Crippen molar-refractivity contribution in [2.24, 2.45) is 0 Å². The fourth-order valence-electron chi connectivity index (χ4n) is 2.06. The minimum atomic E-state index is -0.104. The average molecular weight is 343 g/mol. The van der Waals surface area contributed by atoms with E-state index in [1.807, 2.05) is 54.6 Å². The maximum absolute atomic E-state index is 11.8. The number of hydrogen-bond donors (Lipinski definition) is 3. The molecule has 1 amide bonds. The average Bonchev–Trinajstić information content (AvgIpc) is 2.64. The molecule has 0 spiro atoms. The van der Waals surface area contributed by atoms with E-state index in [9.17, 15) is 4.79 Å². The number of carbonyl (C=O) groups is 1. The van der Waals surface area contributed by atoms with Gasteiger partial charge in [-0.1, -0.05) is 42.5 Å².